The van der Waals surface area contributed by atoms with Crippen molar-refractivity contribution in [3.05, 3.63) is 42.0 Å². The van der Waals surface area contributed by atoms with Gasteiger partial charge < -0.3 is 5.32 Å². The number of nitrogens with one attached hydrogen (secondary N) is 1. The van der Waals surface area contributed by atoms with Crippen LogP contribution in [0.25, 0.3) is 11.2 Å². The lowest BCUT2D eigenvalue weighted by molar-refractivity contribution is -0.141. The maximum atomic E-state index is 12.6. The summed E-state index contributed by atoms with van der Waals surface area (Å²) in [5.41, 5.74) is 0.758. The first-order chi connectivity index (χ1) is 10.9. The minimum Gasteiger partial charge on any atom is -0.368 e. The van der Waals surface area contributed by atoms with Crippen molar-refractivity contribution in [1.29, 1.82) is 0 Å². The molecule has 3 aromatic rings. The van der Waals surface area contributed by atoms with Gasteiger partial charge in [0.05, 0.1) is 6.54 Å². The summed E-state index contributed by atoms with van der Waals surface area (Å²) in [7, 11) is 0. The van der Waals surface area contributed by atoms with E-state index in [2.05, 4.69) is 25.4 Å². The van der Waals surface area contributed by atoms with Crippen molar-refractivity contribution in [3.8, 4) is 0 Å². The summed E-state index contributed by atoms with van der Waals surface area (Å²) in [5, 5.41) is 6.61. The van der Waals surface area contributed by atoms with Crippen LogP contribution < -0.4 is 5.32 Å². The Morgan fingerprint density at radius 2 is 1.96 bits per heavy atom. The fourth-order valence-electron chi connectivity index (χ4n) is 2.12. The zero-order valence-corrected chi connectivity index (χ0v) is 12.2. The second-order valence-electron chi connectivity index (χ2n) is 4.91. The molecule has 120 valence electrons. The molecule has 1 N–H and O–H groups in total. The first-order valence-electron chi connectivity index (χ1n) is 6.87. The van der Waals surface area contributed by atoms with E-state index in [9.17, 15) is 13.2 Å². The van der Waals surface area contributed by atoms with Gasteiger partial charge in [0, 0.05) is 24.6 Å². The zero-order chi connectivity index (χ0) is 16.4. The van der Waals surface area contributed by atoms with Crippen LogP contribution in [0.2, 0.25) is 0 Å². The second-order valence-corrected chi connectivity index (χ2v) is 4.91. The topological polar surface area (TPSA) is 68.5 Å². The lowest BCUT2D eigenvalue weighted by Crippen LogP contribution is -2.14. The molecule has 9 heteroatoms. The molecule has 3 heterocycles. The summed E-state index contributed by atoms with van der Waals surface area (Å²) in [6.07, 6.45) is -1.30. The fourth-order valence-corrected chi connectivity index (χ4v) is 2.12. The number of alkyl halides is 3. The van der Waals surface area contributed by atoms with Gasteiger partial charge in [-0.1, -0.05) is 0 Å². The minimum absolute atomic E-state index is 0.294. The maximum Gasteiger partial charge on any atom is 0.435 e. The fraction of sp³-hybridized carbons (Fsp3) is 0.286. The van der Waals surface area contributed by atoms with Gasteiger partial charge in [0.15, 0.2) is 11.3 Å². The number of hydrogen-bond acceptors (Lipinski definition) is 5. The number of aromatic nitrogens is 5. The van der Waals surface area contributed by atoms with Gasteiger partial charge in [0.1, 0.15) is 11.3 Å². The van der Waals surface area contributed by atoms with Gasteiger partial charge >= 0.3 is 6.18 Å². The smallest absolute Gasteiger partial charge is 0.368 e. The maximum absolute atomic E-state index is 12.6. The molecule has 0 saturated carbocycles. The van der Waals surface area contributed by atoms with E-state index < -0.39 is 11.9 Å². The molecule has 0 amide bonds. The molecule has 3 rings (SSSR count). The summed E-state index contributed by atoms with van der Waals surface area (Å²) in [6, 6.07) is 4.55. The standard InChI is InChI=1S/C14H13F3N6/c1-9-8-11(14(15,16)17)22-23(9)7-6-19-12-3-2-10-13(21-12)20-5-4-18-10/h2-5,8H,6-7H2,1H3,(H,19,20,21). The molecule has 0 fully saturated rings. The van der Waals surface area contributed by atoms with Crippen LogP contribution in [-0.4, -0.2) is 31.3 Å². The highest BCUT2D eigenvalue weighted by Crippen LogP contribution is 2.28. The Kier molecular flexibility index (Phi) is 3.85. The third kappa shape index (κ3) is 3.38. The van der Waals surface area contributed by atoms with E-state index in [1.165, 1.54) is 4.68 Å². The third-order valence-corrected chi connectivity index (χ3v) is 3.23. The quantitative estimate of drug-likeness (QED) is 0.800. The molecule has 0 radical (unpaired) electrons. The molecule has 3 aromatic heterocycles. The summed E-state index contributed by atoms with van der Waals surface area (Å²) in [4.78, 5) is 12.5. The van der Waals surface area contributed by atoms with Crippen molar-refractivity contribution in [2.75, 3.05) is 11.9 Å². The normalized spacial score (nSPS) is 11.8. The van der Waals surface area contributed by atoms with Gasteiger partial charge in [-0.15, -0.1) is 0 Å². The Labute approximate surface area is 129 Å². The Bertz CT molecular complexity index is 827. The van der Waals surface area contributed by atoms with E-state index in [-0.39, 0.29) is 0 Å². The first-order valence-corrected chi connectivity index (χ1v) is 6.87. The highest BCUT2D eigenvalue weighted by atomic mass is 19.4. The van der Waals surface area contributed by atoms with Gasteiger partial charge in [-0.05, 0) is 25.1 Å². The molecule has 0 saturated heterocycles. The van der Waals surface area contributed by atoms with Crippen LogP contribution in [0.5, 0.6) is 0 Å². The number of pyridine rings is 1. The molecule has 0 unspecified atom stereocenters. The van der Waals surface area contributed by atoms with Crippen LogP contribution >= 0.6 is 0 Å². The predicted molar refractivity (Wildman–Crippen MR) is 77.8 cm³/mol. The number of rotatable bonds is 4. The van der Waals surface area contributed by atoms with Crippen LogP contribution in [0.4, 0.5) is 19.0 Å². The Morgan fingerprint density at radius 1 is 1.17 bits per heavy atom. The monoisotopic (exact) mass is 322 g/mol. The Hall–Kier alpha value is -2.71. The molecule has 0 aliphatic rings. The average Bonchev–Trinajstić information content (AvgIpc) is 2.89. The number of aryl methyl sites for hydroxylation is 1. The van der Waals surface area contributed by atoms with Crippen LogP contribution in [0.3, 0.4) is 0 Å². The summed E-state index contributed by atoms with van der Waals surface area (Å²) >= 11 is 0. The molecule has 6 nitrogen and oxygen atoms in total. The van der Waals surface area contributed by atoms with Crippen LogP contribution in [0.1, 0.15) is 11.4 Å². The van der Waals surface area contributed by atoms with Crippen molar-refractivity contribution in [2.24, 2.45) is 0 Å². The average molecular weight is 322 g/mol. The van der Waals surface area contributed by atoms with E-state index in [1.54, 1.807) is 31.5 Å². The van der Waals surface area contributed by atoms with E-state index in [0.29, 0.717) is 35.8 Å². The highest BCUT2D eigenvalue weighted by Gasteiger charge is 2.34. The number of anilines is 1. The van der Waals surface area contributed by atoms with Crippen molar-refractivity contribution >= 4 is 17.0 Å². The SMILES string of the molecule is Cc1cc(C(F)(F)F)nn1CCNc1ccc2nccnc2n1. The highest BCUT2D eigenvalue weighted by molar-refractivity contribution is 5.71. The van der Waals surface area contributed by atoms with Crippen LogP contribution in [-0.2, 0) is 12.7 Å². The summed E-state index contributed by atoms with van der Waals surface area (Å²) in [6.45, 7) is 2.27. The lowest BCUT2D eigenvalue weighted by Gasteiger charge is -2.08. The van der Waals surface area contributed by atoms with Crippen molar-refractivity contribution in [2.45, 2.75) is 19.6 Å². The Morgan fingerprint density at radius 3 is 2.70 bits per heavy atom. The molecule has 0 aliphatic carbocycles. The van der Waals surface area contributed by atoms with E-state index >= 15 is 0 Å². The van der Waals surface area contributed by atoms with Gasteiger partial charge in [0.2, 0.25) is 0 Å². The number of hydrogen-bond donors (Lipinski definition) is 1. The van der Waals surface area contributed by atoms with Crippen LogP contribution in [0.15, 0.2) is 30.6 Å². The summed E-state index contributed by atoms with van der Waals surface area (Å²) in [5.74, 6) is 0.582. The van der Waals surface area contributed by atoms with Crippen molar-refractivity contribution in [3.63, 3.8) is 0 Å². The van der Waals surface area contributed by atoms with Crippen LogP contribution in [0, 0.1) is 6.92 Å². The van der Waals surface area contributed by atoms with E-state index in [0.717, 1.165) is 6.07 Å². The van der Waals surface area contributed by atoms with Crippen molar-refractivity contribution < 1.29 is 13.2 Å². The number of fused-ring (bicyclic) bond motifs is 1. The van der Waals surface area contributed by atoms with Crippen molar-refractivity contribution in [1.82, 2.24) is 24.7 Å². The molecule has 23 heavy (non-hydrogen) atoms. The van der Waals surface area contributed by atoms with Gasteiger partial charge in [-0.3, -0.25) is 9.67 Å². The molecule has 0 aliphatic heterocycles. The van der Waals surface area contributed by atoms with Gasteiger partial charge in [-0.2, -0.15) is 18.3 Å². The second kappa shape index (κ2) is 5.82. The molecule has 0 aromatic carbocycles. The number of nitrogens with zero attached hydrogens (tertiary/aromatic N) is 5. The molecule has 0 spiro atoms. The Balaban J connectivity index is 1.65. The molecular formula is C14H13F3N6. The number of halogens is 3. The molecule has 0 bridgehead atoms. The van der Waals surface area contributed by atoms with E-state index in [4.69, 9.17) is 0 Å². The molecular weight excluding hydrogens is 309 g/mol. The predicted octanol–water partition coefficient (Wildman–Crippen LogP) is 2.66. The zero-order valence-electron chi connectivity index (χ0n) is 12.2. The first kappa shape index (κ1) is 15.2. The van der Waals surface area contributed by atoms with Gasteiger partial charge in [-0.25, -0.2) is 9.97 Å². The largest absolute Gasteiger partial charge is 0.435 e. The third-order valence-electron chi connectivity index (χ3n) is 3.23. The minimum atomic E-state index is -4.43. The summed E-state index contributed by atoms with van der Waals surface area (Å²) < 4.78 is 39.1. The van der Waals surface area contributed by atoms with Gasteiger partial charge in [0.25, 0.3) is 0 Å². The lowest BCUT2D eigenvalue weighted by atomic mass is 10.3. The van der Waals surface area contributed by atoms with E-state index in [1.807, 2.05) is 0 Å². The molecule has 0 atom stereocenters.